The Morgan fingerprint density at radius 3 is 2.70 bits per heavy atom. The highest BCUT2D eigenvalue weighted by Crippen LogP contribution is 2.20. The summed E-state index contributed by atoms with van der Waals surface area (Å²) in [7, 11) is 0. The van der Waals surface area contributed by atoms with Gasteiger partial charge in [0, 0.05) is 31.1 Å². The lowest BCUT2D eigenvalue weighted by molar-refractivity contribution is 0.179. The van der Waals surface area contributed by atoms with E-state index >= 15 is 0 Å². The summed E-state index contributed by atoms with van der Waals surface area (Å²) in [6, 6.07) is 11.1. The molecule has 1 aliphatic rings. The monoisotopic (exact) mass is 427 g/mol. The number of nitrogens with zero attached hydrogens (tertiary/aromatic N) is 3. The molecule has 2 heterocycles. The van der Waals surface area contributed by atoms with Gasteiger partial charge in [-0.15, -0.1) is 11.3 Å². The number of aliphatic imine (C=N–C) groups is 1. The molecule has 0 amide bonds. The summed E-state index contributed by atoms with van der Waals surface area (Å²) in [6.45, 7) is 11.5. The van der Waals surface area contributed by atoms with Gasteiger partial charge in [-0.3, -0.25) is 9.89 Å². The van der Waals surface area contributed by atoms with Crippen molar-refractivity contribution in [3.05, 3.63) is 52.0 Å². The van der Waals surface area contributed by atoms with Crippen molar-refractivity contribution < 1.29 is 0 Å². The number of guanidine groups is 1. The average Bonchev–Trinajstić information content (AvgIpc) is 3.17. The average molecular weight is 428 g/mol. The van der Waals surface area contributed by atoms with E-state index in [2.05, 4.69) is 77.0 Å². The molecule has 164 valence electrons. The lowest BCUT2D eigenvalue weighted by atomic mass is 9.97. The van der Waals surface area contributed by atoms with Crippen LogP contribution in [0.5, 0.6) is 0 Å². The van der Waals surface area contributed by atoms with E-state index < -0.39 is 0 Å². The maximum Gasteiger partial charge on any atom is 0.191 e. The number of aryl methyl sites for hydroxylation is 2. The van der Waals surface area contributed by atoms with Gasteiger partial charge in [0.2, 0.25) is 0 Å². The molecule has 1 saturated heterocycles. The van der Waals surface area contributed by atoms with Crippen LogP contribution in [0.4, 0.5) is 0 Å². The molecule has 0 aliphatic carbocycles. The minimum Gasteiger partial charge on any atom is -0.357 e. The Labute approximate surface area is 186 Å². The van der Waals surface area contributed by atoms with Crippen LogP contribution in [-0.2, 0) is 13.0 Å². The van der Waals surface area contributed by atoms with Crippen molar-refractivity contribution in [2.75, 3.05) is 26.2 Å². The highest BCUT2D eigenvalue weighted by atomic mass is 32.1. The third-order valence-corrected chi connectivity index (χ3v) is 6.53. The summed E-state index contributed by atoms with van der Waals surface area (Å²) in [5, 5.41) is 10.4. The Hall–Kier alpha value is -1.92. The summed E-state index contributed by atoms with van der Waals surface area (Å²) < 4.78 is 0. The van der Waals surface area contributed by atoms with Crippen LogP contribution in [0.15, 0.2) is 40.7 Å². The molecule has 2 N–H and O–H groups in total. The molecule has 0 spiro atoms. The quantitative estimate of drug-likeness (QED) is 0.464. The van der Waals surface area contributed by atoms with Crippen molar-refractivity contribution in [1.29, 1.82) is 0 Å². The Balaban J connectivity index is 1.40. The van der Waals surface area contributed by atoms with Gasteiger partial charge >= 0.3 is 0 Å². The number of aromatic nitrogens is 1. The number of likely N-dealkylation sites (tertiary alicyclic amines) is 1. The second-order valence-corrected chi connectivity index (χ2v) is 9.43. The number of rotatable bonds is 9. The molecule has 6 heteroatoms. The normalized spacial score (nSPS) is 17.1. The van der Waals surface area contributed by atoms with Crippen LogP contribution in [0, 0.1) is 12.8 Å². The van der Waals surface area contributed by atoms with Crippen molar-refractivity contribution in [1.82, 2.24) is 20.5 Å². The van der Waals surface area contributed by atoms with Crippen molar-refractivity contribution in [3.8, 4) is 0 Å². The van der Waals surface area contributed by atoms with Crippen molar-refractivity contribution in [2.45, 2.75) is 59.0 Å². The standard InChI is InChI=1S/C24H37N5S/c1-4-25-24(27-19(2)10-11-21-8-6-5-7-9-21)26-16-22-12-14-29(15-13-22)17-23-18-30-20(3)28-23/h5-9,18-19,22H,4,10-17H2,1-3H3,(H2,25,26,27). The summed E-state index contributed by atoms with van der Waals surface area (Å²) in [4.78, 5) is 12.0. The largest absolute Gasteiger partial charge is 0.357 e. The maximum absolute atomic E-state index is 4.91. The SMILES string of the molecule is CCNC(=NCC1CCN(Cc2csc(C)n2)CC1)NC(C)CCc1ccccc1. The molecule has 1 aliphatic heterocycles. The van der Waals surface area contributed by atoms with E-state index in [4.69, 9.17) is 4.99 Å². The van der Waals surface area contributed by atoms with Gasteiger partial charge in [0.15, 0.2) is 5.96 Å². The zero-order valence-corrected chi connectivity index (χ0v) is 19.5. The van der Waals surface area contributed by atoms with Crippen LogP contribution in [0.1, 0.15) is 49.4 Å². The molecular weight excluding hydrogens is 390 g/mol. The van der Waals surface area contributed by atoms with Crippen LogP contribution in [0.25, 0.3) is 0 Å². The smallest absolute Gasteiger partial charge is 0.191 e. The minimum absolute atomic E-state index is 0.395. The van der Waals surface area contributed by atoms with Crippen LogP contribution < -0.4 is 10.6 Å². The molecule has 2 aromatic rings. The first-order valence-corrected chi connectivity index (χ1v) is 12.2. The fraction of sp³-hybridized carbons (Fsp3) is 0.583. The van der Waals surface area contributed by atoms with E-state index in [-0.39, 0.29) is 0 Å². The van der Waals surface area contributed by atoms with Gasteiger partial charge in [0.05, 0.1) is 10.7 Å². The summed E-state index contributed by atoms with van der Waals surface area (Å²) in [5.41, 5.74) is 2.62. The van der Waals surface area contributed by atoms with E-state index in [1.165, 1.54) is 24.1 Å². The van der Waals surface area contributed by atoms with Gasteiger partial charge in [-0.2, -0.15) is 0 Å². The molecule has 0 saturated carbocycles. The predicted molar refractivity (Wildman–Crippen MR) is 128 cm³/mol. The zero-order valence-electron chi connectivity index (χ0n) is 18.7. The van der Waals surface area contributed by atoms with Gasteiger partial charge in [0.25, 0.3) is 0 Å². The number of hydrogen-bond donors (Lipinski definition) is 2. The molecule has 3 rings (SSSR count). The fourth-order valence-corrected chi connectivity index (χ4v) is 4.51. The maximum atomic E-state index is 4.91. The van der Waals surface area contributed by atoms with E-state index in [9.17, 15) is 0 Å². The molecule has 1 unspecified atom stereocenters. The first-order valence-electron chi connectivity index (χ1n) is 11.3. The lowest BCUT2D eigenvalue weighted by Gasteiger charge is -2.31. The highest BCUT2D eigenvalue weighted by Gasteiger charge is 2.20. The Bertz CT molecular complexity index is 765. The Morgan fingerprint density at radius 1 is 1.27 bits per heavy atom. The second-order valence-electron chi connectivity index (χ2n) is 8.37. The summed E-state index contributed by atoms with van der Waals surface area (Å²) >= 11 is 1.75. The Morgan fingerprint density at radius 2 is 2.03 bits per heavy atom. The van der Waals surface area contributed by atoms with Crippen LogP contribution in [-0.4, -0.2) is 48.1 Å². The molecule has 0 radical (unpaired) electrons. The summed E-state index contributed by atoms with van der Waals surface area (Å²) in [5.74, 6) is 1.63. The highest BCUT2D eigenvalue weighted by molar-refractivity contribution is 7.09. The molecule has 5 nitrogen and oxygen atoms in total. The number of benzene rings is 1. The number of piperidine rings is 1. The number of hydrogen-bond acceptors (Lipinski definition) is 4. The summed E-state index contributed by atoms with van der Waals surface area (Å²) in [6.07, 6.45) is 4.62. The van der Waals surface area contributed by atoms with Crippen molar-refractivity contribution in [3.63, 3.8) is 0 Å². The van der Waals surface area contributed by atoms with E-state index in [0.29, 0.717) is 12.0 Å². The van der Waals surface area contributed by atoms with E-state index in [1.54, 1.807) is 11.3 Å². The molecule has 1 atom stereocenters. The van der Waals surface area contributed by atoms with Gasteiger partial charge in [-0.25, -0.2) is 4.98 Å². The van der Waals surface area contributed by atoms with E-state index in [0.717, 1.165) is 56.5 Å². The third kappa shape index (κ3) is 7.73. The second kappa shape index (κ2) is 12.1. The van der Waals surface area contributed by atoms with E-state index in [1.807, 2.05) is 0 Å². The molecule has 30 heavy (non-hydrogen) atoms. The molecule has 1 fully saturated rings. The molecule has 1 aromatic heterocycles. The minimum atomic E-state index is 0.395. The van der Waals surface area contributed by atoms with Crippen LogP contribution >= 0.6 is 11.3 Å². The van der Waals surface area contributed by atoms with Gasteiger partial charge in [0.1, 0.15) is 0 Å². The fourth-order valence-electron chi connectivity index (χ4n) is 3.91. The lowest BCUT2D eigenvalue weighted by Crippen LogP contribution is -2.43. The first-order chi connectivity index (χ1) is 14.6. The number of nitrogens with one attached hydrogen (secondary N) is 2. The third-order valence-electron chi connectivity index (χ3n) is 5.70. The first kappa shape index (κ1) is 22.8. The zero-order chi connectivity index (χ0) is 21.2. The number of thiazole rings is 1. The van der Waals surface area contributed by atoms with Crippen molar-refractivity contribution >= 4 is 17.3 Å². The molecule has 1 aromatic carbocycles. The molecule has 0 bridgehead atoms. The van der Waals surface area contributed by atoms with Crippen LogP contribution in [0.2, 0.25) is 0 Å². The topological polar surface area (TPSA) is 52.6 Å². The van der Waals surface area contributed by atoms with Gasteiger partial charge in [-0.1, -0.05) is 30.3 Å². The van der Waals surface area contributed by atoms with Gasteiger partial charge < -0.3 is 10.6 Å². The van der Waals surface area contributed by atoms with Crippen molar-refractivity contribution in [2.24, 2.45) is 10.9 Å². The Kier molecular flexibility index (Phi) is 9.15. The van der Waals surface area contributed by atoms with Gasteiger partial charge in [-0.05, 0) is 71.0 Å². The van der Waals surface area contributed by atoms with Crippen LogP contribution in [0.3, 0.4) is 0 Å². The molecular formula is C24H37N5S. The predicted octanol–water partition coefficient (Wildman–Crippen LogP) is 4.24.